The summed E-state index contributed by atoms with van der Waals surface area (Å²) < 4.78 is 1.84. The van der Waals surface area contributed by atoms with Crippen molar-refractivity contribution < 1.29 is 9.59 Å². The first-order chi connectivity index (χ1) is 11.6. The van der Waals surface area contributed by atoms with Gasteiger partial charge in [0.25, 0.3) is 0 Å². The van der Waals surface area contributed by atoms with E-state index >= 15 is 0 Å². The van der Waals surface area contributed by atoms with Gasteiger partial charge in [0, 0.05) is 32.0 Å². The van der Waals surface area contributed by atoms with Crippen LogP contribution < -0.4 is 0 Å². The summed E-state index contributed by atoms with van der Waals surface area (Å²) in [6.45, 7) is 3.76. The van der Waals surface area contributed by atoms with Gasteiger partial charge in [0.1, 0.15) is 12.6 Å². The van der Waals surface area contributed by atoms with Crippen LogP contribution in [-0.2, 0) is 22.7 Å². The number of benzene rings is 1. The number of carbonyl (C=O) groups is 2. The molecule has 1 aromatic carbocycles. The van der Waals surface area contributed by atoms with Crippen LogP contribution in [0, 0.1) is 0 Å². The number of piperazine rings is 1. The zero-order chi connectivity index (χ0) is 16.9. The Morgan fingerprint density at radius 1 is 1.12 bits per heavy atom. The molecule has 2 heterocycles. The molecule has 2 amide bonds. The summed E-state index contributed by atoms with van der Waals surface area (Å²) in [5.74, 6) is 0.0241. The van der Waals surface area contributed by atoms with Gasteiger partial charge in [-0.25, -0.2) is 0 Å². The molecule has 0 bridgehead atoms. The van der Waals surface area contributed by atoms with E-state index in [2.05, 4.69) is 5.10 Å². The van der Waals surface area contributed by atoms with Gasteiger partial charge in [0.05, 0.1) is 0 Å². The van der Waals surface area contributed by atoms with Crippen LogP contribution >= 0.6 is 0 Å². The number of hydrogen-bond donors (Lipinski definition) is 0. The van der Waals surface area contributed by atoms with E-state index < -0.39 is 6.04 Å². The second kappa shape index (κ2) is 7.29. The van der Waals surface area contributed by atoms with Crippen LogP contribution in [-0.4, -0.2) is 50.5 Å². The average molecular weight is 326 g/mol. The molecular formula is C18H22N4O2. The Kier molecular flexibility index (Phi) is 4.93. The molecular weight excluding hydrogens is 304 g/mol. The minimum absolute atomic E-state index is 0.0116. The van der Waals surface area contributed by atoms with Crippen molar-refractivity contribution in [2.24, 2.45) is 0 Å². The van der Waals surface area contributed by atoms with Crippen molar-refractivity contribution in [3.05, 3.63) is 54.4 Å². The number of nitrogens with zero attached hydrogens (tertiary/aromatic N) is 4. The van der Waals surface area contributed by atoms with E-state index in [1.165, 1.54) is 0 Å². The third-order valence-corrected chi connectivity index (χ3v) is 4.34. The Balaban J connectivity index is 1.57. The maximum Gasteiger partial charge on any atom is 0.245 e. The van der Waals surface area contributed by atoms with E-state index in [1.54, 1.807) is 16.0 Å². The van der Waals surface area contributed by atoms with Gasteiger partial charge in [0.15, 0.2) is 0 Å². The van der Waals surface area contributed by atoms with Crippen LogP contribution in [0.3, 0.4) is 0 Å². The predicted octanol–water partition coefficient (Wildman–Crippen LogP) is 1.53. The van der Waals surface area contributed by atoms with Crippen molar-refractivity contribution in [3.8, 4) is 0 Å². The van der Waals surface area contributed by atoms with Crippen LogP contribution in [0.15, 0.2) is 48.8 Å². The number of amides is 2. The summed E-state index contributed by atoms with van der Waals surface area (Å²) in [4.78, 5) is 28.4. The Hall–Kier alpha value is -2.63. The Morgan fingerprint density at radius 2 is 1.92 bits per heavy atom. The zero-order valence-corrected chi connectivity index (χ0v) is 13.8. The third kappa shape index (κ3) is 3.64. The van der Waals surface area contributed by atoms with Crippen molar-refractivity contribution in [3.63, 3.8) is 0 Å². The molecule has 126 valence electrons. The van der Waals surface area contributed by atoms with Crippen LogP contribution in [0.5, 0.6) is 0 Å². The number of rotatable bonds is 6. The lowest BCUT2D eigenvalue weighted by Crippen LogP contribution is -2.58. The fraction of sp³-hybridized carbons (Fsp3) is 0.389. The molecule has 1 aromatic heterocycles. The monoisotopic (exact) mass is 326 g/mol. The standard InChI is InChI=1S/C18H22N4O2/c1-15-18(24)20(13-16-7-3-2-4-8-16)14-17(23)22(15)12-6-11-21-10-5-9-19-21/h2-5,7-10,15H,6,11-14H2,1H3/t15-/m0/s1. The molecule has 0 saturated carbocycles. The Labute approximate surface area is 141 Å². The Bertz CT molecular complexity index is 684. The maximum atomic E-state index is 12.6. The molecule has 0 aliphatic carbocycles. The van der Waals surface area contributed by atoms with Crippen molar-refractivity contribution in [2.75, 3.05) is 13.1 Å². The molecule has 1 fully saturated rings. The molecule has 24 heavy (non-hydrogen) atoms. The highest BCUT2D eigenvalue weighted by molar-refractivity contribution is 5.94. The quantitative estimate of drug-likeness (QED) is 0.809. The summed E-state index contributed by atoms with van der Waals surface area (Å²) in [6.07, 6.45) is 4.41. The Morgan fingerprint density at radius 3 is 2.62 bits per heavy atom. The lowest BCUT2D eigenvalue weighted by Gasteiger charge is -2.38. The first kappa shape index (κ1) is 16.2. The molecule has 0 N–H and O–H groups in total. The molecule has 1 aliphatic rings. The highest BCUT2D eigenvalue weighted by Crippen LogP contribution is 2.16. The molecule has 6 nitrogen and oxygen atoms in total. The molecule has 0 radical (unpaired) electrons. The molecule has 6 heteroatoms. The average Bonchev–Trinajstić information content (AvgIpc) is 3.10. The fourth-order valence-corrected chi connectivity index (χ4v) is 3.04. The topological polar surface area (TPSA) is 58.4 Å². The van der Waals surface area contributed by atoms with E-state index in [9.17, 15) is 9.59 Å². The highest BCUT2D eigenvalue weighted by atomic mass is 16.2. The molecule has 1 aliphatic heterocycles. The molecule has 0 spiro atoms. The molecule has 3 rings (SSSR count). The van der Waals surface area contributed by atoms with Gasteiger partial charge in [-0.3, -0.25) is 14.3 Å². The number of carbonyl (C=O) groups excluding carboxylic acids is 2. The number of hydrogen-bond acceptors (Lipinski definition) is 3. The van der Waals surface area contributed by atoms with E-state index in [0.29, 0.717) is 13.1 Å². The highest BCUT2D eigenvalue weighted by Gasteiger charge is 2.35. The van der Waals surface area contributed by atoms with Gasteiger partial charge in [-0.05, 0) is 25.0 Å². The van der Waals surface area contributed by atoms with Gasteiger partial charge in [-0.1, -0.05) is 30.3 Å². The van der Waals surface area contributed by atoms with E-state index in [1.807, 2.05) is 54.2 Å². The molecule has 0 unspecified atom stereocenters. The lowest BCUT2D eigenvalue weighted by molar-refractivity contribution is -0.155. The third-order valence-electron chi connectivity index (χ3n) is 4.34. The van der Waals surface area contributed by atoms with E-state index in [-0.39, 0.29) is 18.4 Å². The lowest BCUT2D eigenvalue weighted by atomic mass is 10.1. The largest absolute Gasteiger partial charge is 0.329 e. The minimum Gasteiger partial charge on any atom is -0.329 e. The molecule has 1 atom stereocenters. The molecule has 1 saturated heterocycles. The van der Waals surface area contributed by atoms with Gasteiger partial charge in [-0.2, -0.15) is 5.10 Å². The second-order valence-corrected chi connectivity index (χ2v) is 6.07. The van der Waals surface area contributed by atoms with E-state index in [0.717, 1.165) is 18.5 Å². The number of aryl methyl sites for hydroxylation is 1. The molecule has 2 aromatic rings. The zero-order valence-electron chi connectivity index (χ0n) is 13.8. The van der Waals surface area contributed by atoms with Crippen LogP contribution in [0.25, 0.3) is 0 Å². The van der Waals surface area contributed by atoms with Crippen LogP contribution in [0.1, 0.15) is 18.9 Å². The SMILES string of the molecule is C[C@H]1C(=O)N(Cc2ccccc2)CC(=O)N1CCCn1cccn1. The van der Waals surface area contributed by atoms with Crippen LogP contribution in [0.2, 0.25) is 0 Å². The fourth-order valence-electron chi connectivity index (χ4n) is 3.04. The summed E-state index contributed by atoms with van der Waals surface area (Å²) in [5, 5.41) is 4.15. The van der Waals surface area contributed by atoms with Crippen molar-refractivity contribution in [1.82, 2.24) is 19.6 Å². The van der Waals surface area contributed by atoms with Crippen molar-refractivity contribution >= 4 is 11.8 Å². The number of aromatic nitrogens is 2. The minimum atomic E-state index is -0.410. The summed E-state index contributed by atoms with van der Waals surface area (Å²) in [7, 11) is 0. The van der Waals surface area contributed by atoms with Gasteiger partial charge < -0.3 is 9.80 Å². The van der Waals surface area contributed by atoms with Crippen molar-refractivity contribution in [1.29, 1.82) is 0 Å². The van der Waals surface area contributed by atoms with E-state index in [4.69, 9.17) is 0 Å². The second-order valence-electron chi connectivity index (χ2n) is 6.07. The first-order valence-corrected chi connectivity index (χ1v) is 8.25. The van der Waals surface area contributed by atoms with Gasteiger partial charge >= 0.3 is 0 Å². The van der Waals surface area contributed by atoms with Crippen molar-refractivity contribution in [2.45, 2.75) is 32.5 Å². The maximum absolute atomic E-state index is 12.6. The normalized spacial score (nSPS) is 18.3. The van der Waals surface area contributed by atoms with Gasteiger partial charge in [-0.15, -0.1) is 0 Å². The predicted molar refractivity (Wildman–Crippen MR) is 89.9 cm³/mol. The first-order valence-electron chi connectivity index (χ1n) is 8.25. The summed E-state index contributed by atoms with van der Waals surface area (Å²) in [5.41, 5.74) is 1.04. The smallest absolute Gasteiger partial charge is 0.245 e. The summed E-state index contributed by atoms with van der Waals surface area (Å²) >= 11 is 0. The van der Waals surface area contributed by atoms with Gasteiger partial charge in [0.2, 0.25) is 11.8 Å². The van der Waals surface area contributed by atoms with Crippen LogP contribution in [0.4, 0.5) is 0 Å². The summed E-state index contributed by atoms with van der Waals surface area (Å²) in [6, 6.07) is 11.2.